The fourth-order valence-electron chi connectivity index (χ4n) is 3.01. The normalized spacial score (nSPS) is 10.8. The van der Waals surface area contributed by atoms with Crippen LogP contribution in [0.25, 0.3) is 0 Å². The zero-order valence-corrected chi connectivity index (χ0v) is 16.5. The molecule has 4 amide bonds. The molecule has 0 unspecified atom stereocenters. The minimum atomic E-state index is -0.415. The van der Waals surface area contributed by atoms with Crippen molar-refractivity contribution in [2.75, 3.05) is 19.6 Å². The number of hydrogen-bond donors (Lipinski definition) is 4. The summed E-state index contributed by atoms with van der Waals surface area (Å²) in [4.78, 5) is 44.9. The zero-order chi connectivity index (χ0) is 20.0. The Morgan fingerprint density at radius 2 is 0.885 bits per heavy atom. The van der Waals surface area contributed by atoms with E-state index >= 15 is 0 Å². The summed E-state index contributed by atoms with van der Waals surface area (Å²) in [5, 5.41) is 11.4. The maximum atomic E-state index is 11.8. The Labute approximate surface area is 156 Å². The van der Waals surface area contributed by atoms with Crippen LogP contribution >= 0.6 is 0 Å². The largest absolute Gasteiger partial charge is 0.356 e. The molecule has 0 fully saturated rings. The summed E-state index contributed by atoms with van der Waals surface area (Å²) in [6, 6.07) is 0. The Morgan fingerprint density at radius 1 is 0.577 bits per heavy atom. The summed E-state index contributed by atoms with van der Waals surface area (Å²) in [5.74, 6) is -0.340. The Kier molecular flexibility index (Phi) is 12.1. The lowest BCUT2D eigenvalue weighted by Gasteiger charge is -2.35. The van der Waals surface area contributed by atoms with E-state index in [0.29, 0.717) is 38.9 Å². The van der Waals surface area contributed by atoms with E-state index in [1.54, 1.807) is 0 Å². The number of hydrogen-bond acceptors (Lipinski definition) is 4. The average molecular weight is 370 g/mol. The van der Waals surface area contributed by atoms with Crippen molar-refractivity contribution in [2.45, 2.75) is 71.8 Å². The molecule has 0 aromatic rings. The standard InChI is InChI=1S/C18H34N4O4/c1-14(23)19-11-5-8-18(22-17(4)26,9-6-12-20-15(2)24)10-7-13-21-16(3)25/h5-13H2,1-4H3,(H,19,23)(H,20,24)(H,21,25)(H,22,26). The number of carbonyl (C=O) groups is 4. The fourth-order valence-corrected chi connectivity index (χ4v) is 3.01. The first-order valence-corrected chi connectivity index (χ1v) is 9.19. The minimum Gasteiger partial charge on any atom is -0.356 e. The van der Waals surface area contributed by atoms with Crippen LogP contribution in [0, 0.1) is 0 Å². The van der Waals surface area contributed by atoms with Crippen molar-refractivity contribution in [2.24, 2.45) is 0 Å². The lowest BCUT2D eigenvalue weighted by Crippen LogP contribution is -2.49. The molecule has 0 spiro atoms. The smallest absolute Gasteiger partial charge is 0.217 e. The highest BCUT2D eigenvalue weighted by Gasteiger charge is 2.29. The molecular formula is C18H34N4O4. The first-order valence-electron chi connectivity index (χ1n) is 9.19. The second-order valence-electron chi connectivity index (χ2n) is 6.72. The van der Waals surface area contributed by atoms with Crippen LogP contribution in [0.15, 0.2) is 0 Å². The highest BCUT2D eigenvalue weighted by atomic mass is 16.2. The molecule has 0 atom stereocenters. The Hall–Kier alpha value is -2.12. The van der Waals surface area contributed by atoms with E-state index < -0.39 is 5.54 Å². The van der Waals surface area contributed by atoms with E-state index in [4.69, 9.17) is 0 Å². The van der Waals surface area contributed by atoms with Gasteiger partial charge in [-0.2, -0.15) is 0 Å². The lowest BCUT2D eigenvalue weighted by atomic mass is 9.83. The molecule has 0 aliphatic carbocycles. The highest BCUT2D eigenvalue weighted by molar-refractivity contribution is 5.74. The van der Waals surface area contributed by atoms with E-state index in [2.05, 4.69) is 21.3 Å². The average Bonchev–Trinajstić information content (AvgIpc) is 2.51. The van der Waals surface area contributed by atoms with Gasteiger partial charge in [0.05, 0.1) is 0 Å². The maximum absolute atomic E-state index is 11.8. The van der Waals surface area contributed by atoms with Crippen LogP contribution in [0.1, 0.15) is 66.2 Å². The molecule has 0 aromatic carbocycles. The van der Waals surface area contributed by atoms with Gasteiger partial charge in [0.15, 0.2) is 0 Å². The molecule has 0 radical (unpaired) electrons. The van der Waals surface area contributed by atoms with Crippen LogP contribution in [-0.2, 0) is 19.2 Å². The summed E-state index contributed by atoms with van der Waals surface area (Å²) in [5.41, 5.74) is -0.415. The molecule has 0 aliphatic rings. The van der Waals surface area contributed by atoms with Crippen molar-refractivity contribution < 1.29 is 19.2 Å². The molecule has 0 heterocycles. The van der Waals surface area contributed by atoms with E-state index in [1.807, 2.05) is 0 Å². The first kappa shape index (κ1) is 23.9. The van der Waals surface area contributed by atoms with Gasteiger partial charge in [-0.1, -0.05) is 0 Å². The molecule has 0 bridgehead atoms. The minimum absolute atomic E-state index is 0.0774. The topological polar surface area (TPSA) is 116 Å². The first-order chi connectivity index (χ1) is 12.2. The van der Waals surface area contributed by atoms with Gasteiger partial charge < -0.3 is 21.3 Å². The van der Waals surface area contributed by atoms with Crippen LogP contribution in [0.3, 0.4) is 0 Å². The lowest BCUT2D eigenvalue weighted by molar-refractivity contribution is -0.122. The van der Waals surface area contributed by atoms with Crippen molar-refractivity contribution in [1.29, 1.82) is 0 Å². The van der Waals surface area contributed by atoms with Gasteiger partial charge in [0.25, 0.3) is 0 Å². The maximum Gasteiger partial charge on any atom is 0.217 e. The molecule has 0 saturated heterocycles. The Bertz CT molecular complexity index is 425. The SMILES string of the molecule is CC(=O)NCCCC(CCCNC(C)=O)(CCCNC(C)=O)NC(C)=O. The molecule has 0 aliphatic heterocycles. The van der Waals surface area contributed by atoms with Crippen LogP contribution in [0.4, 0.5) is 0 Å². The number of carbonyl (C=O) groups excluding carboxylic acids is 4. The van der Waals surface area contributed by atoms with Crippen molar-refractivity contribution in [3.05, 3.63) is 0 Å². The van der Waals surface area contributed by atoms with Gasteiger partial charge in [0.1, 0.15) is 0 Å². The Balaban J connectivity index is 4.83. The summed E-state index contributed by atoms with van der Waals surface area (Å²) >= 11 is 0. The molecule has 8 nitrogen and oxygen atoms in total. The van der Waals surface area contributed by atoms with Crippen LogP contribution in [0.5, 0.6) is 0 Å². The molecular weight excluding hydrogens is 336 g/mol. The molecule has 26 heavy (non-hydrogen) atoms. The van der Waals surface area contributed by atoms with Gasteiger partial charge in [0.2, 0.25) is 23.6 Å². The van der Waals surface area contributed by atoms with Crippen molar-refractivity contribution in [3.63, 3.8) is 0 Å². The fraction of sp³-hybridized carbons (Fsp3) is 0.778. The molecule has 0 aromatic heterocycles. The van der Waals surface area contributed by atoms with Gasteiger partial charge in [-0.15, -0.1) is 0 Å². The molecule has 150 valence electrons. The summed E-state index contributed by atoms with van der Waals surface area (Å²) in [7, 11) is 0. The monoisotopic (exact) mass is 370 g/mol. The third-order valence-electron chi connectivity index (χ3n) is 4.06. The summed E-state index contributed by atoms with van der Waals surface area (Å²) in [6.45, 7) is 7.56. The van der Waals surface area contributed by atoms with E-state index in [-0.39, 0.29) is 23.6 Å². The van der Waals surface area contributed by atoms with E-state index in [0.717, 1.165) is 19.3 Å². The van der Waals surface area contributed by atoms with Crippen LogP contribution < -0.4 is 21.3 Å². The van der Waals surface area contributed by atoms with Gasteiger partial charge in [0, 0.05) is 52.9 Å². The third kappa shape index (κ3) is 13.2. The van der Waals surface area contributed by atoms with Crippen molar-refractivity contribution >= 4 is 23.6 Å². The molecule has 4 N–H and O–H groups in total. The quantitative estimate of drug-likeness (QED) is 0.355. The molecule has 8 heteroatoms. The van der Waals surface area contributed by atoms with Crippen molar-refractivity contribution in [1.82, 2.24) is 21.3 Å². The Morgan fingerprint density at radius 3 is 1.12 bits per heavy atom. The summed E-state index contributed by atoms with van der Waals surface area (Å²) in [6.07, 6.45) is 4.35. The molecule has 0 rings (SSSR count). The van der Waals surface area contributed by atoms with Crippen LogP contribution in [0.2, 0.25) is 0 Å². The van der Waals surface area contributed by atoms with Gasteiger partial charge in [-0.3, -0.25) is 19.2 Å². The van der Waals surface area contributed by atoms with E-state index in [9.17, 15) is 19.2 Å². The number of nitrogens with one attached hydrogen (secondary N) is 4. The molecule has 0 saturated carbocycles. The van der Waals surface area contributed by atoms with Gasteiger partial charge >= 0.3 is 0 Å². The highest BCUT2D eigenvalue weighted by Crippen LogP contribution is 2.25. The van der Waals surface area contributed by atoms with Crippen molar-refractivity contribution in [3.8, 4) is 0 Å². The third-order valence-corrected chi connectivity index (χ3v) is 4.06. The zero-order valence-electron chi connectivity index (χ0n) is 16.5. The predicted molar refractivity (Wildman–Crippen MR) is 100 cm³/mol. The van der Waals surface area contributed by atoms with Gasteiger partial charge in [-0.25, -0.2) is 0 Å². The predicted octanol–water partition coefficient (Wildman–Crippen LogP) is 0.610. The second kappa shape index (κ2) is 13.1. The number of rotatable bonds is 13. The number of amides is 4. The summed E-state index contributed by atoms with van der Waals surface area (Å²) < 4.78 is 0. The van der Waals surface area contributed by atoms with E-state index in [1.165, 1.54) is 27.7 Å². The van der Waals surface area contributed by atoms with Crippen LogP contribution in [-0.4, -0.2) is 48.8 Å². The second-order valence-corrected chi connectivity index (χ2v) is 6.72. The van der Waals surface area contributed by atoms with Gasteiger partial charge in [-0.05, 0) is 38.5 Å².